The van der Waals surface area contributed by atoms with Crippen molar-refractivity contribution in [3.63, 3.8) is 0 Å². The third kappa shape index (κ3) is 7.80. The van der Waals surface area contributed by atoms with Gasteiger partial charge in [-0.3, -0.25) is 18.9 Å². The first-order valence-electron chi connectivity index (χ1n) is 8.20. The number of aromatic amines is 1. The fraction of sp³-hybridized carbons (Fsp3) is 0.636. The Bertz CT molecular complexity index is 1050. The van der Waals surface area contributed by atoms with Gasteiger partial charge in [0.05, 0.1) is 19.4 Å². The standard InChI is InChI=1S/C11H20N3O14P3/c1-6-3-14(11(16)13-10(6)15)9-2-7(24-5-12)8(26-9)4-25-30(20,21)28-31(22,23)27-29(17,18)19/h3,7-9H,2,4-5,12H2,1H3,(H,20,21)(H,22,23)(H,13,15,16)(H2,17,18,19)/t7-,8?,9-/m1/s1. The molecule has 17 nitrogen and oxygen atoms in total. The third-order valence-corrected chi connectivity index (χ3v) is 7.57. The number of hydrogen-bond acceptors (Lipinski definition) is 11. The molecule has 1 aliphatic heterocycles. The maximum absolute atomic E-state index is 12.0. The first-order chi connectivity index (χ1) is 14.1. The molecule has 178 valence electrons. The molecule has 1 aromatic heterocycles. The Hall–Kier alpha value is -1.03. The van der Waals surface area contributed by atoms with Gasteiger partial charge in [-0.15, -0.1) is 0 Å². The molecule has 3 unspecified atom stereocenters. The number of rotatable bonds is 10. The average molecular weight is 511 g/mol. The topological polar surface area (TPSA) is 259 Å². The summed E-state index contributed by atoms with van der Waals surface area (Å²) in [5.74, 6) is 0. The predicted octanol–water partition coefficient (Wildman–Crippen LogP) is -1.22. The van der Waals surface area contributed by atoms with Crippen molar-refractivity contribution in [1.82, 2.24) is 9.55 Å². The van der Waals surface area contributed by atoms with E-state index in [1.54, 1.807) is 0 Å². The first kappa shape index (κ1) is 26.2. The summed E-state index contributed by atoms with van der Waals surface area (Å²) >= 11 is 0. The smallest absolute Gasteiger partial charge is 0.360 e. The van der Waals surface area contributed by atoms with Gasteiger partial charge in [-0.2, -0.15) is 8.62 Å². The molecule has 20 heteroatoms. The summed E-state index contributed by atoms with van der Waals surface area (Å²) in [4.78, 5) is 61.3. The molecule has 0 spiro atoms. The highest BCUT2D eigenvalue weighted by atomic mass is 31.3. The molecule has 5 atom stereocenters. The molecule has 0 radical (unpaired) electrons. The van der Waals surface area contributed by atoms with Crippen molar-refractivity contribution in [1.29, 1.82) is 0 Å². The summed E-state index contributed by atoms with van der Waals surface area (Å²) in [7, 11) is -16.6. The first-order valence-corrected chi connectivity index (χ1v) is 12.7. The lowest BCUT2D eigenvalue weighted by Gasteiger charge is -2.20. The Labute approximate surface area is 173 Å². The van der Waals surface area contributed by atoms with Crippen LogP contribution < -0.4 is 17.0 Å². The number of phosphoric ester groups is 1. The molecule has 0 aromatic carbocycles. The van der Waals surface area contributed by atoms with E-state index in [9.17, 15) is 28.2 Å². The van der Waals surface area contributed by atoms with Crippen molar-refractivity contribution in [2.45, 2.75) is 31.8 Å². The van der Waals surface area contributed by atoms with E-state index < -0.39 is 59.8 Å². The summed E-state index contributed by atoms with van der Waals surface area (Å²) in [5.41, 5.74) is 4.14. The van der Waals surface area contributed by atoms with Crippen molar-refractivity contribution in [3.05, 3.63) is 32.6 Å². The number of aromatic nitrogens is 2. The molecular weight excluding hydrogens is 491 g/mol. The Balaban J connectivity index is 2.11. The van der Waals surface area contributed by atoms with Gasteiger partial charge >= 0.3 is 29.2 Å². The quantitative estimate of drug-likeness (QED) is 0.159. The maximum atomic E-state index is 12.0. The van der Waals surface area contributed by atoms with Crippen LogP contribution in [0.3, 0.4) is 0 Å². The Kier molecular flexibility index (Phi) is 8.33. The van der Waals surface area contributed by atoms with Crippen LogP contribution in [0, 0.1) is 6.92 Å². The van der Waals surface area contributed by atoms with E-state index in [0.717, 1.165) is 4.57 Å². The molecule has 1 saturated heterocycles. The SMILES string of the molecule is Cc1cn([C@H]2C[C@@H](OCN)C(COP(=O)(O)OP(=O)(O)OP(=O)(O)O)O2)c(=O)[nH]c1=O. The minimum Gasteiger partial charge on any atom is -0.360 e. The molecule has 31 heavy (non-hydrogen) atoms. The number of nitrogens with two attached hydrogens (primary N) is 1. The monoisotopic (exact) mass is 511 g/mol. The molecule has 1 fully saturated rings. The van der Waals surface area contributed by atoms with Crippen LogP contribution in [0.1, 0.15) is 18.2 Å². The fourth-order valence-electron chi connectivity index (χ4n) is 2.59. The average Bonchev–Trinajstić information content (AvgIpc) is 2.96. The number of H-pyrrole nitrogens is 1. The van der Waals surface area contributed by atoms with Crippen LogP contribution in [0.25, 0.3) is 0 Å². The van der Waals surface area contributed by atoms with Gasteiger partial charge in [-0.25, -0.2) is 18.5 Å². The van der Waals surface area contributed by atoms with Crippen LogP contribution in [0.4, 0.5) is 0 Å². The molecule has 1 aliphatic rings. The Morgan fingerprint density at radius 2 is 1.84 bits per heavy atom. The summed E-state index contributed by atoms with van der Waals surface area (Å²) in [6, 6.07) is 0. The Morgan fingerprint density at radius 1 is 1.19 bits per heavy atom. The second-order valence-electron chi connectivity index (χ2n) is 6.10. The second-order valence-corrected chi connectivity index (χ2v) is 10.5. The van der Waals surface area contributed by atoms with Crippen molar-refractivity contribution in [2.24, 2.45) is 5.73 Å². The third-order valence-electron chi connectivity index (χ3n) is 3.76. The molecule has 2 rings (SSSR count). The molecule has 1 aromatic rings. The van der Waals surface area contributed by atoms with Crippen LogP contribution in [0.15, 0.2) is 15.8 Å². The zero-order valence-electron chi connectivity index (χ0n) is 15.7. The lowest BCUT2D eigenvalue weighted by molar-refractivity contribution is -0.0602. The summed E-state index contributed by atoms with van der Waals surface area (Å²) < 4.78 is 57.4. The van der Waals surface area contributed by atoms with Gasteiger partial charge in [-0.05, 0) is 6.92 Å². The zero-order valence-corrected chi connectivity index (χ0v) is 18.4. The molecule has 0 bridgehead atoms. The highest BCUT2D eigenvalue weighted by Gasteiger charge is 2.43. The van der Waals surface area contributed by atoms with Crippen LogP contribution in [0.5, 0.6) is 0 Å². The van der Waals surface area contributed by atoms with E-state index in [4.69, 9.17) is 29.9 Å². The molecule has 2 heterocycles. The van der Waals surface area contributed by atoms with E-state index in [1.165, 1.54) is 13.1 Å². The van der Waals surface area contributed by atoms with Crippen molar-refractivity contribution in [2.75, 3.05) is 13.3 Å². The lowest BCUT2D eigenvalue weighted by atomic mass is 10.2. The normalized spacial score (nSPS) is 25.8. The predicted molar refractivity (Wildman–Crippen MR) is 98.3 cm³/mol. The van der Waals surface area contributed by atoms with Crippen molar-refractivity contribution < 1.29 is 55.9 Å². The van der Waals surface area contributed by atoms with Crippen LogP contribution in [0.2, 0.25) is 0 Å². The maximum Gasteiger partial charge on any atom is 0.490 e. The Morgan fingerprint density at radius 3 is 2.42 bits per heavy atom. The van der Waals surface area contributed by atoms with Gasteiger partial charge in [0, 0.05) is 18.2 Å². The van der Waals surface area contributed by atoms with Crippen LogP contribution in [-0.2, 0) is 36.3 Å². The number of hydrogen-bond donors (Lipinski definition) is 6. The van der Waals surface area contributed by atoms with Gasteiger partial charge in [0.1, 0.15) is 12.3 Å². The van der Waals surface area contributed by atoms with E-state index in [1.807, 2.05) is 0 Å². The lowest BCUT2D eigenvalue weighted by Crippen LogP contribution is -2.33. The zero-order chi connectivity index (χ0) is 23.6. The largest absolute Gasteiger partial charge is 0.490 e. The fourth-order valence-corrected chi connectivity index (χ4v) is 5.62. The van der Waals surface area contributed by atoms with Gasteiger partial charge < -0.3 is 34.8 Å². The van der Waals surface area contributed by atoms with Gasteiger partial charge in [0.2, 0.25) is 0 Å². The number of aryl methyl sites for hydroxylation is 1. The van der Waals surface area contributed by atoms with Crippen LogP contribution >= 0.6 is 23.5 Å². The van der Waals surface area contributed by atoms with E-state index in [2.05, 4.69) is 18.1 Å². The number of ether oxygens (including phenoxy) is 2. The minimum atomic E-state index is -5.67. The van der Waals surface area contributed by atoms with Crippen LogP contribution in [-0.4, -0.2) is 54.7 Å². The highest BCUT2D eigenvalue weighted by Crippen LogP contribution is 2.66. The molecular formula is C11H20N3O14P3. The highest BCUT2D eigenvalue weighted by molar-refractivity contribution is 7.66. The number of nitrogens with zero attached hydrogens (tertiary/aromatic N) is 1. The van der Waals surface area contributed by atoms with E-state index >= 15 is 0 Å². The number of phosphoric acid groups is 3. The molecule has 0 saturated carbocycles. The summed E-state index contributed by atoms with van der Waals surface area (Å²) in [6.45, 7) is 0.360. The molecule has 0 aliphatic carbocycles. The van der Waals surface area contributed by atoms with E-state index in [-0.39, 0.29) is 18.7 Å². The van der Waals surface area contributed by atoms with E-state index in [0.29, 0.717) is 0 Å². The second kappa shape index (κ2) is 9.85. The van der Waals surface area contributed by atoms with Gasteiger partial charge in [0.15, 0.2) is 0 Å². The molecule has 7 N–H and O–H groups in total. The van der Waals surface area contributed by atoms with Crippen molar-refractivity contribution in [3.8, 4) is 0 Å². The van der Waals surface area contributed by atoms with Gasteiger partial charge in [-0.1, -0.05) is 0 Å². The van der Waals surface area contributed by atoms with Crippen molar-refractivity contribution >= 4 is 23.5 Å². The molecule has 0 amide bonds. The summed E-state index contributed by atoms with van der Waals surface area (Å²) in [5, 5.41) is 0. The minimum absolute atomic E-state index is 0.00696. The van der Waals surface area contributed by atoms with Gasteiger partial charge in [0.25, 0.3) is 5.56 Å². The summed E-state index contributed by atoms with van der Waals surface area (Å²) in [6.07, 6.45) is -1.77. The number of nitrogens with one attached hydrogen (secondary N) is 1.